The molecule has 0 bridgehead atoms. The molecule has 0 aromatic carbocycles. The Morgan fingerprint density at radius 1 is 1.25 bits per heavy atom. The van der Waals surface area contributed by atoms with Crippen LogP contribution in [0.25, 0.3) is 5.32 Å². The molecule has 0 aromatic rings. The molecule has 0 unspecified atom stereocenters. The van der Waals surface area contributed by atoms with Crippen molar-refractivity contribution >= 4 is 0 Å². The van der Waals surface area contributed by atoms with E-state index in [1.807, 2.05) is 0 Å². The van der Waals surface area contributed by atoms with Crippen LogP contribution in [-0.4, -0.2) is 14.1 Å². The van der Waals surface area contributed by atoms with Crippen LogP contribution in [0, 0.1) is 0 Å². The van der Waals surface area contributed by atoms with Crippen LogP contribution < -0.4 is 0 Å². The van der Waals surface area contributed by atoms with Crippen molar-refractivity contribution in [3.63, 3.8) is 0 Å². The molecule has 0 rings (SSSR count). The first-order valence-electron chi connectivity index (χ1n) is 0.894. The minimum atomic E-state index is 0. The number of hydrogen-bond acceptors (Lipinski definition) is 0. The molecule has 0 N–H and O–H groups in total. The summed E-state index contributed by atoms with van der Waals surface area (Å²) in [7, 11) is 3.50. The van der Waals surface area contributed by atoms with Crippen molar-refractivity contribution in [1.82, 2.24) is 0 Å². The summed E-state index contributed by atoms with van der Waals surface area (Å²) in [5, 5.41) is 3.50. The van der Waals surface area contributed by atoms with Crippen molar-refractivity contribution in [1.29, 1.82) is 0 Å². The molecule has 2 heteroatoms. The van der Waals surface area contributed by atoms with Gasteiger partial charge in [-0.1, -0.05) is 0 Å². The molecule has 0 aliphatic carbocycles. The van der Waals surface area contributed by atoms with Gasteiger partial charge in [-0.05, 0) is 0 Å². The average molecular weight is 225 g/mol. The Bertz CT molecular complexity index is 6.00. The summed E-state index contributed by atoms with van der Waals surface area (Å²) >= 11 is 0. The van der Waals surface area contributed by atoms with E-state index in [0.717, 1.165) is 0 Å². The van der Waals surface area contributed by atoms with Gasteiger partial charge >= 0.3 is 22.4 Å². The van der Waals surface area contributed by atoms with Gasteiger partial charge in [-0.3, -0.25) is 0 Å². The molecule has 0 heterocycles. The molecule has 1 radical (unpaired) electrons. The molecule has 0 amide bonds. The largest absolute Gasteiger partial charge is 2.00 e. The van der Waals surface area contributed by atoms with Gasteiger partial charge in [0, 0.05) is 0 Å². The molecular formula is C2H6NTa+. The van der Waals surface area contributed by atoms with E-state index >= 15 is 0 Å². The van der Waals surface area contributed by atoms with Gasteiger partial charge in [0.15, 0.2) is 0 Å². The Balaban J connectivity index is 0. The zero-order valence-electron chi connectivity index (χ0n) is 2.89. The van der Waals surface area contributed by atoms with E-state index in [4.69, 9.17) is 0 Å². The van der Waals surface area contributed by atoms with Gasteiger partial charge < -0.3 is 5.32 Å². The fourth-order valence-corrected chi connectivity index (χ4v) is 0. The molecule has 0 atom stereocenters. The van der Waals surface area contributed by atoms with Crippen molar-refractivity contribution in [2.45, 2.75) is 0 Å². The summed E-state index contributed by atoms with van der Waals surface area (Å²) in [5.41, 5.74) is 0. The van der Waals surface area contributed by atoms with E-state index in [2.05, 4.69) is 5.32 Å². The van der Waals surface area contributed by atoms with E-state index in [-0.39, 0.29) is 22.4 Å². The summed E-state index contributed by atoms with van der Waals surface area (Å²) in [4.78, 5) is 0. The first-order chi connectivity index (χ1) is 1.41. The fourth-order valence-electron chi connectivity index (χ4n) is 0. The first-order valence-corrected chi connectivity index (χ1v) is 0.894. The fraction of sp³-hybridized carbons (Fsp3) is 1.00. The molecule has 4 heavy (non-hydrogen) atoms. The Morgan fingerprint density at radius 3 is 1.25 bits per heavy atom. The molecule has 0 spiro atoms. The standard InChI is InChI=1S/C2H6N.Ta/c1-3-2;/h1-2H3;/q-1;+2. The molecule has 0 fully saturated rings. The minimum absolute atomic E-state index is 0. The molecule has 0 saturated heterocycles. The Morgan fingerprint density at radius 2 is 1.25 bits per heavy atom. The summed E-state index contributed by atoms with van der Waals surface area (Å²) in [6, 6.07) is 0. The predicted molar refractivity (Wildman–Crippen MR) is 15.2 cm³/mol. The van der Waals surface area contributed by atoms with Gasteiger partial charge in [0.2, 0.25) is 0 Å². The molecule has 23 valence electrons. The summed E-state index contributed by atoms with van der Waals surface area (Å²) < 4.78 is 0. The van der Waals surface area contributed by atoms with E-state index in [9.17, 15) is 0 Å². The van der Waals surface area contributed by atoms with E-state index in [1.165, 1.54) is 0 Å². The van der Waals surface area contributed by atoms with E-state index < -0.39 is 0 Å². The van der Waals surface area contributed by atoms with Gasteiger partial charge in [-0.15, -0.1) is 0 Å². The summed E-state index contributed by atoms with van der Waals surface area (Å²) in [6.07, 6.45) is 0. The SMILES string of the molecule is C[N-]C.[Ta+2]. The van der Waals surface area contributed by atoms with Crippen LogP contribution in [0.5, 0.6) is 0 Å². The van der Waals surface area contributed by atoms with Crippen LogP contribution in [0.2, 0.25) is 0 Å². The Kier molecular flexibility index (Phi) is 20.6. The topological polar surface area (TPSA) is 14.1 Å². The smallest absolute Gasteiger partial charge is 0.668 e. The van der Waals surface area contributed by atoms with Crippen LogP contribution in [0.3, 0.4) is 0 Å². The quantitative estimate of drug-likeness (QED) is 0.573. The number of hydrogen-bond donors (Lipinski definition) is 0. The zero-order chi connectivity index (χ0) is 2.71. The summed E-state index contributed by atoms with van der Waals surface area (Å²) in [5.74, 6) is 0. The average Bonchev–Trinajstić information content (AvgIpc) is 0.918. The van der Waals surface area contributed by atoms with Gasteiger partial charge in [0.25, 0.3) is 0 Å². The third-order valence-electron chi connectivity index (χ3n) is 0. The van der Waals surface area contributed by atoms with Crippen molar-refractivity contribution < 1.29 is 22.4 Å². The van der Waals surface area contributed by atoms with Crippen LogP contribution in [0.4, 0.5) is 0 Å². The second-order valence-corrected chi connectivity index (χ2v) is 0.447. The van der Waals surface area contributed by atoms with Crippen LogP contribution in [-0.2, 0) is 22.4 Å². The molecule has 0 aromatic heterocycles. The van der Waals surface area contributed by atoms with Gasteiger partial charge in [0.1, 0.15) is 0 Å². The first kappa shape index (κ1) is 8.83. The maximum atomic E-state index is 3.50. The van der Waals surface area contributed by atoms with Gasteiger partial charge in [-0.2, -0.15) is 14.1 Å². The van der Waals surface area contributed by atoms with Crippen LogP contribution in [0.1, 0.15) is 0 Å². The van der Waals surface area contributed by atoms with Gasteiger partial charge in [-0.25, -0.2) is 0 Å². The molecule has 0 aliphatic heterocycles. The predicted octanol–water partition coefficient (Wildman–Crippen LogP) is 0.617. The maximum Gasteiger partial charge on any atom is 2.00 e. The monoisotopic (exact) mass is 225 g/mol. The third kappa shape index (κ3) is 15.9. The van der Waals surface area contributed by atoms with Crippen LogP contribution >= 0.6 is 0 Å². The van der Waals surface area contributed by atoms with Crippen molar-refractivity contribution in [2.75, 3.05) is 14.1 Å². The molecule has 0 saturated carbocycles. The molecule has 0 aliphatic rings. The Labute approximate surface area is 42.3 Å². The van der Waals surface area contributed by atoms with Crippen molar-refractivity contribution in [3.05, 3.63) is 5.32 Å². The number of nitrogens with zero attached hydrogens (tertiary/aromatic N) is 1. The second kappa shape index (κ2) is 9.33. The molecular weight excluding hydrogens is 219 g/mol. The normalized spacial score (nSPS) is 4.50. The molecule has 1 nitrogen and oxygen atoms in total. The van der Waals surface area contributed by atoms with Crippen molar-refractivity contribution in [2.24, 2.45) is 0 Å². The third-order valence-corrected chi connectivity index (χ3v) is 0. The van der Waals surface area contributed by atoms with Crippen LogP contribution in [0.15, 0.2) is 0 Å². The minimum Gasteiger partial charge on any atom is -0.668 e. The zero-order valence-corrected chi connectivity index (χ0v) is 6.11. The second-order valence-electron chi connectivity index (χ2n) is 0.447. The summed E-state index contributed by atoms with van der Waals surface area (Å²) in [6.45, 7) is 0. The van der Waals surface area contributed by atoms with E-state index in [1.54, 1.807) is 14.1 Å². The maximum absolute atomic E-state index is 3.50. The number of rotatable bonds is 0. The Hall–Kier alpha value is 0.700. The van der Waals surface area contributed by atoms with E-state index in [0.29, 0.717) is 0 Å². The van der Waals surface area contributed by atoms with Crippen molar-refractivity contribution in [3.8, 4) is 0 Å². The van der Waals surface area contributed by atoms with Gasteiger partial charge in [0.05, 0.1) is 0 Å².